The van der Waals surface area contributed by atoms with Crippen LogP contribution in [0, 0.1) is 25.2 Å². The van der Waals surface area contributed by atoms with E-state index in [1.807, 2.05) is 39.0 Å². The fraction of sp³-hybridized carbons (Fsp3) is 0.292. The second-order valence-electron chi connectivity index (χ2n) is 6.91. The van der Waals surface area contributed by atoms with Crippen LogP contribution in [0.25, 0.3) is 6.08 Å². The van der Waals surface area contributed by atoms with Crippen LogP contribution in [-0.4, -0.2) is 31.7 Å². The maximum Gasteiger partial charge on any atom is 0.348 e. The van der Waals surface area contributed by atoms with Crippen molar-refractivity contribution in [1.82, 2.24) is 0 Å². The molecule has 0 heterocycles. The maximum absolute atomic E-state index is 12.5. The van der Waals surface area contributed by atoms with Gasteiger partial charge in [-0.2, -0.15) is 5.26 Å². The van der Waals surface area contributed by atoms with Crippen molar-refractivity contribution < 1.29 is 23.8 Å². The molecule has 0 unspecified atom stereocenters. The quantitative estimate of drug-likeness (QED) is 0.232. The van der Waals surface area contributed by atoms with Crippen LogP contribution in [0.2, 0.25) is 0 Å². The summed E-state index contributed by atoms with van der Waals surface area (Å²) >= 11 is 6.88. The molecule has 0 aromatic heterocycles. The Bertz CT molecular complexity index is 1120. The van der Waals surface area contributed by atoms with Gasteiger partial charge in [0.05, 0.1) is 23.4 Å². The second kappa shape index (κ2) is 12.4. The molecule has 0 aliphatic carbocycles. The van der Waals surface area contributed by atoms with Crippen LogP contribution in [0.5, 0.6) is 11.5 Å². The average molecular weight is 580 g/mol. The Balaban J connectivity index is 2.23. The number of rotatable bonds is 9. The molecule has 1 N–H and O–H groups in total. The van der Waals surface area contributed by atoms with Gasteiger partial charge < -0.3 is 19.5 Å². The number of halogens is 2. The zero-order chi connectivity index (χ0) is 24.5. The zero-order valence-electron chi connectivity index (χ0n) is 18.8. The summed E-state index contributed by atoms with van der Waals surface area (Å²) in [5.41, 5.74) is 3.21. The van der Waals surface area contributed by atoms with Gasteiger partial charge in [0.25, 0.3) is 5.91 Å². The van der Waals surface area contributed by atoms with Crippen molar-refractivity contribution in [2.24, 2.45) is 0 Å². The second-order valence-corrected chi connectivity index (χ2v) is 8.62. The Morgan fingerprint density at radius 1 is 1.03 bits per heavy atom. The Morgan fingerprint density at radius 2 is 1.73 bits per heavy atom. The topological polar surface area (TPSA) is 97.7 Å². The minimum atomic E-state index is -0.705. The smallest absolute Gasteiger partial charge is 0.348 e. The number of nitriles is 1. The van der Waals surface area contributed by atoms with Gasteiger partial charge >= 0.3 is 5.97 Å². The molecule has 0 saturated carbocycles. The number of anilines is 1. The van der Waals surface area contributed by atoms with Crippen LogP contribution in [0.3, 0.4) is 0 Å². The van der Waals surface area contributed by atoms with Crippen molar-refractivity contribution in [2.45, 2.75) is 27.7 Å². The standard InChI is InChI=1S/C24H24Br2N2O5/c1-5-31-21-11-16(9-17(12-27)24(30)32-6-2)10-19(26)23(21)33-13-22(29)28-20-8-15(4)14(3)7-18(20)25/h7-11H,5-6,13H2,1-4H3,(H,28,29)/b17-9-. The molecular formula is C24H24Br2N2O5. The number of aryl methyl sites for hydroxylation is 2. The third-order valence-electron chi connectivity index (χ3n) is 4.46. The number of hydrogen-bond donors (Lipinski definition) is 1. The van der Waals surface area contributed by atoms with E-state index >= 15 is 0 Å². The van der Waals surface area contributed by atoms with Crippen LogP contribution in [0.15, 0.2) is 38.8 Å². The molecule has 0 spiro atoms. The third-order valence-corrected chi connectivity index (χ3v) is 5.71. The number of benzene rings is 2. The highest BCUT2D eigenvalue weighted by molar-refractivity contribution is 9.11. The minimum absolute atomic E-state index is 0.141. The van der Waals surface area contributed by atoms with E-state index in [1.165, 1.54) is 6.08 Å². The molecule has 0 aliphatic rings. The largest absolute Gasteiger partial charge is 0.490 e. The molecule has 0 fully saturated rings. The number of nitrogens with zero attached hydrogens (tertiary/aromatic N) is 1. The first kappa shape index (κ1) is 26.4. The van der Waals surface area contributed by atoms with Gasteiger partial charge in [-0.05, 0) is 107 Å². The summed E-state index contributed by atoms with van der Waals surface area (Å²) in [5.74, 6) is -0.354. The number of esters is 1. The Labute approximate surface area is 210 Å². The Morgan fingerprint density at radius 3 is 2.36 bits per heavy atom. The molecule has 0 bridgehead atoms. The fourth-order valence-corrected chi connectivity index (χ4v) is 3.92. The highest BCUT2D eigenvalue weighted by Crippen LogP contribution is 2.37. The molecule has 7 nitrogen and oxygen atoms in total. The lowest BCUT2D eigenvalue weighted by molar-refractivity contribution is -0.137. The minimum Gasteiger partial charge on any atom is -0.490 e. The SMILES string of the molecule is CCOC(=O)/C(C#N)=C\c1cc(Br)c(OCC(=O)Nc2cc(C)c(C)cc2Br)c(OCC)c1. The van der Waals surface area contributed by atoms with Gasteiger partial charge in [-0.1, -0.05) is 0 Å². The molecule has 0 aliphatic heterocycles. The van der Waals surface area contributed by atoms with Crippen LogP contribution < -0.4 is 14.8 Å². The molecule has 1 amide bonds. The summed E-state index contributed by atoms with van der Waals surface area (Å²) in [6.07, 6.45) is 1.40. The third kappa shape index (κ3) is 7.34. The first-order valence-corrected chi connectivity index (χ1v) is 11.7. The fourth-order valence-electron chi connectivity index (χ4n) is 2.79. The number of amides is 1. The summed E-state index contributed by atoms with van der Waals surface area (Å²) in [4.78, 5) is 24.4. The van der Waals surface area contributed by atoms with Gasteiger partial charge in [-0.3, -0.25) is 4.79 Å². The van der Waals surface area contributed by atoms with Crippen molar-refractivity contribution in [3.05, 3.63) is 55.5 Å². The van der Waals surface area contributed by atoms with E-state index < -0.39 is 5.97 Å². The molecule has 2 aromatic rings. The summed E-state index contributed by atoms with van der Waals surface area (Å²) in [7, 11) is 0. The van der Waals surface area contributed by atoms with E-state index in [0.717, 1.165) is 15.6 Å². The average Bonchev–Trinajstić information content (AvgIpc) is 2.75. The molecule has 9 heteroatoms. The van der Waals surface area contributed by atoms with Crippen LogP contribution in [0.4, 0.5) is 5.69 Å². The van der Waals surface area contributed by atoms with Gasteiger partial charge in [0.1, 0.15) is 11.6 Å². The first-order valence-electron chi connectivity index (χ1n) is 10.1. The highest BCUT2D eigenvalue weighted by atomic mass is 79.9. The van der Waals surface area contributed by atoms with Gasteiger partial charge in [0.2, 0.25) is 0 Å². The molecule has 2 aromatic carbocycles. The van der Waals surface area contributed by atoms with Crippen LogP contribution in [-0.2, 0) is 14.3 Å². The lowest BCUT2D eigenvalue weighted by Gasteiger charge is -2.15. The van der Waals surface area contributed by atoms with Gasteiger partial charge in [0.15, 0.2) is 18.1 Å². The van der Waals surface area contributed by atoms with E-state index in [4.69, 9.17) is 14.2 Å². The molecule has 174 valence electrons. The van der Waals surface area contributed by atoms with Gasteiger partial charge in [-0.25, -0.2) is 4.79 Å². The summed E-state index contributed by atoms with van der Waals surface area (Å²) < 4.78 is 17.6. The van der Waals surface area contributed by atoms with Gasteiger partial charge in [-0.15, -0.1) is 0 Å². The van der Waals surface area contributed by atoms with E-state index in [2.05, 4.69) is 37.2 Å². The predicted molar refractivity (Wildman–Crippen MR) is 133 cm³/mol. The van der Waals surface area contributed by atoms with Crippen molar-refractivity contribution in [1.29, 1.82) is 5.26 Å². The summed E-state index contributed by atoms with van der Waals surface area (Å²) in [5, 5.41) is 12.1. The predicted octanol–water partition coefficient (Wildman–Crippen LogP) is 5.71. The van der Waals surface area contributed by atoms with Crippen molar-refractivity contribution in [2.75, 3.05) is 25.1 Å². The van der Waals surface area contributed by atoms with E-state index in [-0.39, 0.29) is 24.7 Å². The number of carbonyl (C=O) groups is 2. The molecule has 0 atom stereocenters. The number of ether oxygens (including phenoxy) is 3. The number of nitrogens with one attached hydrogen (secondary N) is 1. The van der Waals surface area contributed by atoms with Gasteiger partial charge in [0, 0.05) is 4.47 Å². The van der Waals surface area contributed by atoms with Crippen molar-refractivity contribution in [3.8, 4) is 17.6 Å². The van der Waals surface area contributed by atoms with E-state index in [9.17, 15) is 14.9 Å². The van der Waals surface area contributed by atoms with Crippen LogP contribution >= 0.6 is 31.9 Å². The van der Waals surface area contributed by atoms with Crippen molar-refractivity contribution >= 4 is 55.5 Å². The molecule has 33 heavy (non-hydrogen) atoms. The summed E-state index contributed by atoms with van der Waals surface area (Å²) in [6, 6.07) is 8.94. The molecule has 0 saturated heterocycles. The first-order chi connectivity index (χ1) is 15.7. The lowest BCUT2D eigenvalue weighted by Crippen LogP contribution is -2.21. The van der Waals surface area contributed by atoms with Crippen molar-refractivity contribution in [3.63, 3.8) is 0 Å². The monoisotopic (exact) mass is 578 g/mol. The zero-order valence-corrected chi connectivity index (χ0v) is 21.9. The number of carbonyl (C=O) groups excluding carboxylic acids is 2. The van der Waals surface area contributed by atoms with E-state index in [0.29, 0.717) is 33.8 Å². The van der Waals surface area contributed by atoms with Crippen LogP contribution in [0.1, 0.15) is 30.5 Å². The normalized spacial score (nSPS) is 10.9. The van der Waals surface area contributed by atoms with E-state index in [1.54, 1.807) is 19.1 Å². The highest BCUT2D eigenvalue weighted by Gasteiger charge is 2.16. The Hall–Kier alpha value is -2.83. The lowest BCUT2D eigenvalue weighted by atomic mass is 10.1. The maximum atomic E-state index is 12.5. The number of hydrogen-bond acceptors (Lipinski definition) is 6. The Kier molecular flexibility index (Phi) is 9.95. The summed E-state index contributed by atoms with van der Waals surface area (Å²) in [6.45, 7) is 7.70. The molecule has 0 radical (unpaired) electrons. The molecule has 2 rings (SSSR count). The molecular weight excluding hydrogens is 556 g/mol.